The van der Waals surface area contributed by atoms with E-state index in [0.717, 1.165) is 13.0 Å². The third-order valence-corrected chi connectivity index (χ3v) is 4.22. The number of aromatic nitrogens is 1. The number of hydrogen-bond donors (Lipinski definition) is 2. The Bertz CT molecular complexity index is 632. The monoisotopic (exact) mass is 268 g/mol. The molecule has 3 rings (SSSR count). The van der Waals surface area contributed by atoms with Gasteiger partial charge in [-0.1, -0.05) is 30.7 Å². The summed E-state index contributed by atoms with van der Waals surface area (Å²) in [6.45, 7) is 7.72. The SMILES string of the molecule is CCCN[C@H]1Cc2c[nH]c3cccc(c23)[C@@H]1C=C(C)C. The lowest BCUT2D eigenvalue weighted by molar-refractivity contribution is 0.465. The lowest BCUT2D eigenvalue weighted by Crippen LogP contribution is -2.38. The van der Waals surface area contributed by atoms with Gasteiger partial charge in [0.2, 0.25) is 0 Å². The van der Waals surface area contributed by atoms with E-state index in [1.807, 2.05) is 0 Å². The number of hydrogen-bond acceptors (Lipinski definition) is 1. The van der Waals surface area contributed by atoms with Crippen molar-refractivity contribution in [2.45, 2.75) is 45.6 Å². The first-order valence-electron chi connectivity index (χ1n) is 7.68. The normalized spacial score (nSPS) is 21.1. The molecule has 1 aromatic heterocycles. The van der Waals surface area contributed by atoms with Crippen molar-refractivity contribution in [1.29, 1.82) is 0 Å². The van der Waals surface area contributed by atoms with Gasteiger partial charge < -0.3 is 10.3 Å². The molecule has 2 nitrogen and oxygen atoms in total. The van der Waals surface area contributed by atoms with Crippen molar-refractivity contribution in [1.82, 2.24) is 10.3 Å². The van der Waals surface area contributed by atoms with Crippen molar-refractivity contribution in [2.75, 3.05) is 6.54 Å². The minimum Gasteiger partial charge on any atom is -0.361 e. The number of rotatable bonds is 4. The van der Waals surface area contributed by atoms with Crippen LogP contribution >= 0.6 is 0 Å². The first-order valence-corrected chi connectivity index (χ1v) is 7.68. The number of nitrogens with one attached hydrogen (secondary N) is 2. The van der Waals surface area contributed by atoms with Crippen LogP contribution in [0.1, 0.15) is 44.2 Å². The molecule has 2 heteroatoms. The van der Waals surface area contributed by atoms with Gasteiger partial charge in [-0.05, 0) is 50.4 Å². The van der Waals surface area contributed by atoms with Crippen LogP contribution in [0.2, 0.25) is 0 Å². The summed E-state index contributed by atoms with van der Waals surface area (Å²) in [5.41, 5.74) is 5.61. The lowest BCUT2D eigenvalue weighted by Gasteiger charge is -2.31. The van der Waals surface area contributed by atoms with Gasteiger partial charge in [0.05, 0.1) is 0 Å². The minimum absolute atomic E-state index is 0.485. The number of allylic oxidation sites excluding steroid dienone is 1. The van der Waals surface area contributed by atoms with E-state index in [-0.39, 0.29) is 0 Å². The summed E-state index contributed by atoms with van der Waals surface area (Å²) in [7, 11) is 0. The molecule has 0 spiro atoms. The zero-order chi connectivity index (χ0) is 14.1. The van der Waals surface area contributed by atoms with Crippen molar-refractivity contribution in [3.63, 3.8) is 0 Å². The largest absolute Gasteiger partial charge is 0.361 e. The van der Waals surface area contributed by atoms with Gasteiger partial charge in [0.15, 0.2) is 0 Å². The molecule has 0 fully saturated rings. The molecule has 2 N–H and O–H groups in total. The molecular weight excluding hydrogens is 244 g/mol. The van der Waals surface area contributed by atoms with Gasteiger partial charge in [-0.15, -0.1) is 0 Å². The van der Waals surface area contributed by atoms with E-state index in [2.05, 4.69) is 61.5 Å². The summed E-state index contributed by atoms with van der Waals surface area (Å²) >= 11 is 0. The second-order valence-electron chi connectivity index (χ2n) is 6.12. The van der Waals surface area contributed by atoms with Crippen molar-refractivity contribution in [3.05, 3.63) is 47.2 Å². The van der Waals surface area contributed by atoms with E-state index < -0.39 is 0 Å². The molecule has 0 saturated carbocycles. The predicted molar refractivity (Wildman–Crippen MR) is 86.3 cm³/mol. The highest BCUT2D eigenvalue weighted by molar-refractivity contribution is 5.88. The topological polar surface area (TPSA) is 27.8 Å². The van der Waals surface area contributed by atoms with Crippen LogP contribution in [-0.4, -0.2) is 17.6 Å². The smallest absolute Gasteiger partial charge is 0.0459 e. The summed E-state index contributed by atoms with van der Waals surface area (Å²) < 4.78 is 0. The van der Waals surface area contributed by atoms with Crippen molar-refractivity contribution in [3.8, 4) is 0 Å². The first kappa shape index (κ1) is 13.4. The average molecular weight is 268 g/mol. The molecule has 0 aliphatic heterocycles. The second-order valence-corrected chi connectivity index (χ2v) is 6.12. The Morgan fingerprint density at radius 3 is 3.00 bits per heavy atom. The van der Waals surface area contributed by atoms with Crippen LogP contribution in [0.3, 0.4) is 0 Å². The highest BCUT2D eigenvalue weighted by atomic mass is 14.9. The quantitative estimate of drug-likeness (QED) is 0.801. The molecule has 0 amide bonds. The van der Waals surface area contributed by atoms with Gasteiger partial charge in [0, 0.05) is 29.1 Å². The number of aromatic amines is 1. The fourth-order valence-electron chi connectivity index (χ4n) is 3.40. The standard InChI is InChI=1S/C18H24N2/c1-4-8-19-17-10-13-11-20-16-7-5-6-14(18(13)16)15(17)9-12(2)3/h5-7,9,11,15,17,19-20H,4,8,10H2,1-3H3/t15-,17-/m0/s1. The van der Waals surface area contributed by atoms with Gasteiger partial charge >= 0.3 is 0 Å². The van der Waals surface area contributed by atoms with E-state index in [9.17, 15) is 0 Å². The number of benzene rings is 1. The minimum atomic E-state index is 0.485. The van der Waals surface area contributed by atoms with Gasteiger partial charge in [0.25, 0.3) is 0 Å². The third-order valence-electron chi connectivity index (χ3n) is 4.22. The zero-order valence-corrected chi connectivity index (χ0v) is 12.7. The van der Waals surface area contributed by atoms with Crippen LogP contribution in [0.5, 0.6) is 0 Å². The third kappa shape index (κ3) is 2.29. The van der Waals surface area contributed by atoms with Crippen LogP contribution in [0, 0.1) is 0 Å². The summed E-state index contributed by atoms with van der Waals surface area (Å²) in [6, 6.07) is 7.16. The maximum atomic E-state index is 3.74. The molecule has 1 heterocycles. The van der Waals surface area contributed by atoms with E-state index >= 15 is 0 Å². The van der Waals surface area contributed by atoms with Crippen molar-refractivity contribution < 1.29 is 0 Å². The summed E-state index contributed by atoms with van der Waals surface area (Å²) in [6.07, 6.45) is 6.92. The summed E-state index contributed by atoms with van der Waals surface area (Å²) in [5.74, 6) is 0.485. The molecule has 106 valence electrons. The Morgan fingerprint density at radius 2 is 2.25 bits per heavy atom. The Balaban J connectivity index is 2.08. The predicted octanol–water partition coefficient (Wildman–Crippen LogP) is 4.14. The molecule has 2 atom stereocenters. The molecule has 1 aliphatic carbocycles. The second kappa shape index (κ2) is 5.45. The Hall–Kier alpha value is -1.54. The van der Waals surface area contributed by atoms with Gasteiger partial charge in [0.1, 0.15) is 0 Å². The summed E-state index contributed by atoms with van der Waals surface area (Å²) in [5, 5.41) is 5.19. The molecule has 20 heavy (non-hydrogen) atoms. The Labute approximate surface area is 121 Å². The molecule has 2 aromatic rings. The van der Waals surface area contributed by atoms with Crippen LogP contribution in [-0.2, 0) is 6.42 Å². The molecule has 1 aliphatic rings. The van der Waals surface area contributed by atoms with Gasteiger partial charge in [-0.3, -0.25) is 0 Å². The number of H-pyrrole nitrogens is 1. The highest BCUT2D eigenvalue weighted by Crippen LogP contribution is 2.38. The Kier molecular flexibility index (Phi) is 3.66. The van der Waals surface area contributed by atoms with Crippen molar-refractivity contribution in [2.24, 2.45) is 0 Å². The lowest BCUT2D eigenvalue weighted by atomic mass is 9.79. The maximum Gasteiger partial charge on any atom is 0.0459 e. The Morgan fingerprint density at radius 1 is 1.40 bits per heavy atom. The molecule has 0 saturated heterocycles. The van der Waals surface area contributed by atoms with Crippen LogP contribution < -0.4 is 5.32 Å². The molecule has 1 aromatic carbocycles. The van der Waals surface area contributed by atoms with E-state index in [0.29, 0.717) is 12.0 Å². The summed E-state index contributed by atoms with van der Waals surface area (Å²) in [4.78, 5) is 3.42. The average Bonchev–Trinajstić information content (AvgIpc) is 2.84. The molecule has 0 unspecified atom stereocenters. The van der Waals surface area contributed by atoms with E-state index in [4.69, 9.17) is 0 Å². The maximum absolute atomic E-state index is 3.74. The van der Waals surface area contributed by atoms with Gasteiger partial charge in [-0.25, -0.2) is 0 Å². The highest BCUT2D eigenvalue weighted by Gasteiger charge is 2.29. The fraction of sp³-hybridized carbons (Fsp3) is 0.444. The fourth-order valence-corrected chi connectivity index (χ4v) is 3.40. The van der Waals surface area contributed by atoms with E-state index in [1.165, 1.54) is 34.0 Å². The molecular formula is C18H24N2. The van der Waals surface area contributed by atoms with Crippen LogP contribution in [0.25, 0.3) is 10.9 Å². The first-order chi connectivity index (χ1) is 9.70. The van der Waals surface area contributed by atoms with Crippen molar-refractivity contribution >= 4 is 10.9 Å². The van der Waals surface area contributed by atoms with Crippen LogP contribution in [0.4, 0.5) is 0 Å². The molecule has 0 radical (unpaired) electrons. The van der Waals surface area contributed by atoms with E-state index in [1.54, 1.807) is 0 Å². The van der Waals surface area contributed by atoms with Gasteiger partial charge in [-0.2, -0.15) is 0 Å². The van der Waals surface area contributed by atoms with Crippen LogP contribution in [0.15, 0.2) is 36.0 Å². The molecule has 0 bridgehead atoms. The zero-order valence-electron chi connectivity index (χ0n) is 12.7.